The van der Waals surface area contributed by atoms with Crippen LogP contribution in [0.15, 0.2) is 60.9 Å². The monoisotopic (exact) mass is 478 g/mol. The number of nitrogens with one attached hydrogen (secondary N) is 1. The predicted octanol–water partition coefficient (Wildman–Crippen LogP) is 5.06. The molecule has 1 amide bonds. The van der Waals surface area contributed by atoms with Gasteiger partial charge in [-0.05, 0) is 47.9 Å². The van der Waals surface area contributed by atoms with Gasteiger partial charge in [0.1, 0.15) is 5.82 Å². The van der Waals surface area contributed by atoms with Gasteiger partial charge in [-0.2, -0.15) is 5.10 Å². The number of carbonyl (C=O) groups excluding carboxylic acids is 1. The molecule has 1 N–H and O–H groups in total. The highest BCUT2D eigenvalue weighted by Gasteiger charge is 2.26. The second-order valence-corrected chi connectivity index (χ2v) is 8.56. The predicted molar refractivity (Wildman–Crippen MR) is 130 cm³/mol. The molecule has 0 unspecified atom stereocenters. The third-order valence-corrected chi connectivity index (χ3v) is 6.39. The van der Waals surface area contributed by atoms with Crippen molar-refractivity contribution in [1.82, 2.24) is 19.7 Å². The summed E-state index contributed by atoms with van der Waals surface area (Å²) in [7, 11) is 1.85. The van der Waals surface area contributed by atoms with Gasteiger partial charge in [0, 0.05) is 47.2 Å². The molecular weight excluding hydrogens is 459 g/mol. The number of rotatable bonds is 5. The Balaban J connectivity index is 1.36. The zero-order chi connectivity index (χ0) is 22.9. The van der Waals surface area contributed by atoms with Crippen molar-refractivity contribution in [1.29, 1.82) is 0 Å². The van der Waals surface area contributed by atoms with Gasteiger partial charge in [-0.3, -0.25) is 9.48 Å². The van der Waals surface area contributed by atoms with Crippen molar-refractivity contribution < 1.29 is 4.79 Å². The molecule has 0 saturated carbocycles. The van der Waals surface area contributed by atoms with Crippen LogP contribution < -0.4 is 10.2 Å². The lowest BCUT2D eigenvalue weighted by Crippen LogP contribution is -2.30. The first-order chi connectivity index (χ1) is 16.0. The first-order valence-corrected chi connectivity index (χ1v) is 11.2. The van der Waals surface area contributed by atoms with Crippen molar-refractivity contribution >= 4 is 46.6 Å². The number of carbonyl (C=O) groups is 1. The van der Waals surface area contributed by atoms with Crippen LogP contribution in [0.2, 0.25) is 10.0 Å². The Morgan fingerprint density at radius 1 is 1.09 bits per heavy atom. The molecule has 0 aliphatic carbocycles. The summed E-state index contributed by atoms with van der Waals surface area (Å²) < 4.78 is 1.72. The number of benzene rings is 2. The molecule has 33 heavy (non-hydrogen) atoms. The van der Waals surface area contributed by atoms with E-state index in [2.05, 4.69) is 26.4 Å². The zero-order valence-electron chi connectivity index (χ0n) is 17.8. The van der Waals surface area contributed by atoms with Gasteiger partial charge < -0.3 is 10.2 Å². The molecule has 0 fully saturated rings. The molecule has 166 valence electrons. The average molecular weight is 479 g/mol. The van der Waals surface area contributed by atoms with Crippen LogP contribution in [0.1, 0.15) is 11.1 Å². The molecule has 1 aliphatic heterocycles. The lowest BCUT2D eigenvalue weighted by molar-refractivity contribution is -0.117. The maximum atomic E-state index is 13.0. The molecule has 9 heteroatoms. The van der Waals surface area contributed by atoms with Crippen LogP contribution in [0.3, 0.4) is 0 Å². The fourth-order valence-electron chi connectivity index (χ4n) is 3.96. The van der Waals surface area contributed by atoms with Gasteiger partial charge in [0.15, 0.2) is 0 Å². The number of anilines is 3. The van der Waals surface area contributed by atoms with Gasteiger partial charge in [-0.15, -0.1) is 0 Å². The second-order valence-electron chi connectivity index (χ2n) is 7.75. The van der Waals surface area contributed by atoms with Crippen molar-refractivity contribution in [2.45, 2.75) is 12.8 Å². The highest BCUT2D eigenvalue weighted by Crippen LogP contribution is 2.33. The summed E-state index contributed by atoms with van der Waals surface area (Å²) in [6, 6.07) is 15.0. The smallest absolute Gasteiger partial charge is 0.231 e. The maximum absolute atomic E-state index is 13.0. The second kappa shape index (κ2) is 8.84. The maximum Gasteiger partial charge on any atom is 0.231 e. The Hall–Kier alpha value is -3.42. The molecule has 3 heterocycles. The van der Waals surface area contributed by atoms with E-state index in [1.54, 1.807) is 40.2 Å². The van der Waals surface area contributed by atoms with Gasteiger partial charge in [0.25, 0.3) is 0 Å². The third kappa shape index (κ3) is 4.29. The van der Waals surface area contributed by atoms with Crippen LogP contribution in [-0.2, 0) is 24.7 Å². The molecule has 0 spiro atoms. The van der Waals surface area contributed by atoms with E-state index >= 15 is 0 Å². The van der Waals surface area contributed by atoms with E-state index < -0.39 is 0 Å². The number of hydrogen-bond acceptors (Lipinski definition) is 5. The molecule has 4 aromatic rings. The van der Waals surface area contributed by atoms with E-state index in [0.717, 1.165) is 34.7 Å². The summed E-state index contributed by atoms with van der Waals surface area (Å²) in [4.78, 5) is 23.8. The average Bonchev–Trinajstić information content (AvgIpc) is 3.42. The van der Waals surface area contributed by atoms with E-state index in [4.69, 9.17) is 23.2 Å². The van der Waals surface area contributed by atoms with Gasteiger partial charge in [-0.25, -0.2) is 9.97 Å². The van der Waals surface area contributed by atoms with Gasteiger partial charge >= 0.3 is 0 Å². The summed E-state index contributed by atoms with van der Waals surface area (Å²) in [5, 5.41) is 8.32. The highest BCUT2D eigenvalue weighted by atomic mass is 35.5. The number of aromatic nitrogens is 4. The van der Waals surface area contributed by atoms with Gasteiger partial charge in [0.05, 0.1) is 18.3 Å². The van der Waals surface area contributed by atoms with Crippen LogP contribution in [0, 0.1) is 0 Å². The number of amides is 1. The van der Waals surface area contributed by atoms with Crippen molar-refractivity contribution in [3.63, 3.8) is 0 Å². The molecule has 2 aromatic heterocycles. The van der Waals surface area contributed by atoms with E-state index in [9.17, 15) is 4.79 Å². The summed E-state index contributed by atoms with van der Waals surface area (Å²) in [5.41, 5.74) is 4.43. The molecule has 7 nitrogen and oxygen atoms in total. The Kier molecular flexibility index (Phi) is 5.74. The fourth-order valence-corrected chi connectivity index (χ4v) is 4.49. The van der Waals surface area contributed by atoms with Crippen molar-refractivity contribution in [3.05, 3.63) is 82.1 Å². The van der Waals surface area contributed by atoms with E-state index in [-0.39, 0.29) is 12.3 Å². The molecule has 0 bridgehead atoms. The number of fused-ring (bicyclic) bond motifs is 1. The lowest BCUT2D eigenvalue weighted by atomic mass is 10.1. The summed E-state index contributed by atoms with van der Waals surface area (Å²) >= 11 is 12.5. The molecule has 0 saturated heterocycles. The van der Waals surface area contributed by atoms with E-state index in [1.807, 2.05) is 31.3 Å². The summed E-state index contributed by atoms with van der Waals surface area (Å²) in [6.07, 6.45) is 4.36. The molecular formula is C24H20Cl2N6O. The lowest BCUT2D eigenvalue weighted by Gasteiger charge is -2.18. The minimum atomic E-state index is -0.0267. The first-order valence-electron chi connectivity index (χ1n) is 10.4. The topological polar surface area (TPSA) is 75.9 Å². The Morgan fingerprint density at radius 2 is 1.91 bits per heavy atom. The van der Waals surface area contributed by atoms with E-state index in [0.29, 0.717) is 28.1 Å². The van der Waals surface area contributed by atoms with Crippen LogP contribution in [0.4, 0.5) is 17.5 Å². The number of hydrogen-bond donors (Lipinski definition) is 1. The Morgan fingerprint density at radius 3 is 2.67 bits per heavy atom. The minimum Gasteiger partial charge on any atom is -0.312 e. The van der Waals surface area contributed by atoms with Crippen LogP contribution in [0.5, 0.6) is 0 Å². The van der Waals surface area contributed by atoms with Crippen molar-refractivity contribution in [2.75, 3.05) is 16.8 Å². The normalized spacial score (nSPS) is 12.6. The third-order valence-electron chi connectivity index (χ3n) is 5.68. The summed E-state index contributed by atoms with van der Waals surface area (Å²) in [6.45, 7) is 0.622. The molecule has 1 aliphatic rings. The molecule has 0 radical (unpaired) electrons. The highest BCUT2D eigenvalue weighted by molar-refractivity contribution is 6.36. The van der Waals surface area contributed by atoms with Crippen molar-refractivity contribution in [3.8, 4) is 11.3 Å². The first kappa shape index (κ1) is 21.4. The van der Waals surface area contributed by atoms with Crippen LogP contribution in [0.25, 0.3) is 11.3 Å². The van der Waals surface area contributed by atoms with Gasteiger partial charge in [0.2, 0.25) is 11.9 Å². The molecule has 5 rings (SSSR count). The van der Waals surface area contributed by atoms with Crippen molar-refractivity contribution in [2.24, 2.45) is 7.05 Å². The number of nitrogens with zero attached hydrogens (tertiary/aromatic N) is 5. The van der Waals surface area contributed by atoms with Gasteiger partial charge in [-0.1, -0.05) is 35.3 Å². The summed E-state index contributed by atoms with van der Waals surface area (Å²) in [5.74, 6) is 1.26. The Bertz CT molecular complexity index is 1330. The van der Waals surface area contributed by atoms with Crippen LogP contribution in [-0.4, -0.2) is 32.2 Å². The van der Waals surface area contributed by atoms with Crippen LogP contribution >= 0.6 is 23.2 Å². The number of halogens is 2. The standard InChI is InChI=1S/C24H20Cl2N6O/c1-31-22(8-11-28-31)30-24-27-10-7-20(29-24)15-5-6-21-16(13-15)9-12-32(21)23(33)14-17-18(25)3-2-4-19(17)26/h2-8,10-11,13H,9,12,14H2,1H3,(H,27,29,30). The molecule has 2 aromatic carbocycles. The minimum absolute atomic E-state index is 0.0267. The quantitative estimate of drug-likeness (QED) is 0.433. The zero-order valence-corrected chi connectivity index (χ0v) is 19.3. The molecule has 0 atom stereocenters. The Labute approximate surface area is 201 Å². The SMILES string of the molecule is Cn1nccc1Nc1nccc(-c2ccc3c(c2)CCN3C(=O)Cc2c(Cl)cccc2Cl)n1. The number of aryl methyl sites for hydroxylation is 1. The largest absolute Gasteiger partial charge is 0.312 e. The van der Waals surface area contributed by atoms with E-state index in [1.165, 1.54) is 0 Å². The fraction of sp³-hybridized carbons (Fsp3) is 0.167.